The van der Waals surface area contributed by atoms with Gasteiger partial charge in [-0.1, -0.05) is 87.3 Å². The molecule has 8 nitrogen and oxygen atoms in total. The highest BCUT2D eigenvalue weighted by Crippen LogP contribution is 2.44. The summed E-state index contributed by atoms with van der Waals surface area (Å²) in [6.07, 6.45) is 2.98. The predicted molar refractivity (Wildman–Crippen MR) is 224 cm³/mol. The lowest BCUT2D eigenvalue weighted by atomic mass is 9.80. The molecule has 0 aliphatic heterocycles. The van der Waals surface area contributed by atoms with Crippen LogP contribution in [0.15, 0.2) is 29.2 Å². The van der Waals surface area contributed by atoms with Crippen LogP contribution in [-0.4, -0.2) is 76.5 Å². The normalized spacial score (nSPS) is 23.5. The van der Waals surface area contributed by atoms with Crippen LogP contribution in [0.4, 0.5) is 0 Å². The molecule has 0 amide bonds. The lowest BCUT2D eigenvalue weighted by molar-refractivity contribution is 0.0791. The van der Waals surface area contributed by atoms with Gasteiger partial charge in [0.1, 0.15) is 12.2 Å². The summed E-state index contributed by atoms with van der Waals surface area (Å²) in [5.74, 6) is 0.0488. The third-order valence-corrected chi connectivity index (χ3v) is 17.8. The molecule has 19 heteroatoms. The molecule has 1 aromatic carbocycles. The van der Waals surface area contributed by atoms with E-state index in [1.807, 2.05) is 6.92 Å². The number of sulfone groups is 2. The van der Waals surface area contributed by atoms with Crippen molar-refractivity contribution in [2.45, 2.75) is 134 Å². The van der Waals surface area contributed by atoms with Crippen LogP contribution in [-0.2, 0) is 34.0 Å². The quantitative estimate of drug-likeness (QED) is 0.191. The van der Waals surface area contributed by atoms with Gasteiger partial charge in [0.2, 0.25) is 7.59 Å². The van der Waals surface area contributed by atoms with Crippen molar-refractivity contribution in [3.8, 4) is 0 Å². The van der Waals surface area contributed by atoms with Crippen LogP contribution in [0, 0.1) is 30.6 Å². The van der Waals surface area contributed by atoms with Crippen LogP contribution in [0.5, 0.6) is 0 Å². The third kappa shape index (κ3) is 17.2. The summed E-state index contributed by atoms with van der Waals surface area (Å²) in [5, 5.41) is 10.1. The van der Waals surface area contributed by atoms with E-state index in [1.54, 1.807) is 53.7 Å². The van der Waals surface area contributed by atoms with Gasteiger partial charge in [-0.05, 0) is 136 Å². The van der Waals surface area contributed by atoms with Crippen LogP contribution in [0.3, 0.4) is 0 Å². The number of benzene rings is 1. The Balaban J connectivity index is 0.000000528. The largest absolute Gasteiger partial charge is 0.388 e. The molecule has 1 N–H and O–H groups in total. The first-order chi connectivity index (χ1) is 23.8. The number of aryl methyl sites for hydroxylation is 1. The van der Waals surface area contributed by atoms with E-state index in [1.165, 1.54) is 12.1 Å². The van der Waals surface area contributed by atoms with Gasteiger partial charge < -0.3 is 5.11 Å². The van der Waals surface area contributed by atoms with E-state index in [0.717, 1.165) is 18.4 Å². The minimum absolute atomic E-state index is 0.00249. The summed E-state index contributed by atoms with van der Waals surface area (Å²) in [6, 6.07) is 6.24. The smallest absolute Gasteiger partial charge is 0.297 e. The molecule has 2 aliphatic carbocycles. The maximum atomic E-state index is 12.7. The Hall–Kier alpha value is 1.31. The molecule has 2 atom stereocenters. The maximum absolute atomic E-state index is 12.7. The van der Waals surface area contributed by atoms with E-state index in [4.69, 9.17) is 97.0 Å². The standard InChI is InChI=1S/C20H29Cl3O5S2.C13H23Cl3O3S.CH2Cl2/c1-14-5-11-17(12-6-14)30(26,27)28-18(20(21,22)23)16-9-7-15(8-10-16)13-29(24,25)19(2,3)4;1-12(2,3)20(18,19)8-9-4-6-10(7-5-9)11(17)13(14,15)16;2-1-3/h5-6,11-12,15-16,18H,7-10,13H2,1-4H3;9-11,17H,4-8H2,1-3H3;1H2. The molecule has 3 rings (SSSR count). The fraction of sp³-hybridized carbons (Fsp3) is 0.824. The third-order valence-electron chi connectivity index (χ3n) is 9.63. The molecule has 2 saturated carbocycles. The topological polar surface area (TPSA) is 132 Å². The highest BCUT2D eigenvalue weighted by Gasteiger charge is 2.45. The molecular formula is C34H54Cl8O8S3. The first kappa shape index (κ1) is 52.3. The number of halogens is 8. The molecule has 0 saturated heterocycles. The first-order valence-corrected chi connectivity index (χ1v) is 25.2. The van der Waals surface area contributed by atoms with Gasteiger partial charge in [0.05, 0.1) is 31.2 Å². The van der Waals surface area contributed by atoms with Crippen molar-refractivity contribution in [1.82, 2.24) is 0 Å². The van der Waals surface area contributed by atoms with E-state index >= 15 is 0 Å². The van der Waals surface area contributed by atoms with Gasteiger partial charge in [-0.3, -0.25) is 4.18 Å². The molecular weight excluding hydrogens is 916 g/mol. The Bertz CT molecular complexity index is 1580. The average Bonchev–Trinajstić information content (AvgIpc) is 2.99. The second-order valence-electron chi connectivity index (χ2n) is 15.8. The van der Waals surface area contributed by atoms with Gasteiger partial charge >= 0.3 is 0 Å². The molecule has 0 bridgehead atoms. The van der Waals surface area contributed by atoms with E-state index < -0.39 is 59.1 Å². The van der Waals surface area contributed by atoms with E-state index in [0.29, 0.717) is 38.5 Å². The van der Waals surface area contributed by atoms with Crippen LogP contribution in [0.1, 0.15) is 98.5 Å². The highest BCUT2D eigenvalue weighted by atomic mass is 35.6. The average molecular weight is 971 g/mol. The van der Waals surface area contributed by atoms with E-state index in [-0.39, 0.29) is 45.4 Å². The van der Waals surface area contributed by atoms with Crippen molar-refractivity contribution in [3.63, 3.8) is 0 Å². The number of rotatable bonds is 9. The summed E-state index contributed by atoms with van der Waals surface area (Å²) in [6.45, 7) is 12.1. The fourth-order valence-corrected chi connectivity index (χ4v) is 11.4. The number of aliphatic hydroxyl groups excluding tert-OH is 1. The summed E-state index contributed by atoms with van der Waals surface area (Å²) in [5.41, 5.74) is 0.912. The maximum Gasteiger partial charge on any atom is 0.297 e. The molecule has 0 heterocycles. The number of alkyl halides is 8. The van der Waals surface area contributed by atoms with Crippen molar-refractivity contribution in [2.24, 2.45) is 23.7 Å². The monoisotopic (exact) mass is 966 g/mol. The summed E-state index contributed by atoms with van der Waals surface area (Å²) < 4.78 is 75.1. The minimum Gasteiger partial charge on any atom is -0.388 e. The zero-order chi connectivity index (χ0) is 41.4. The van der Waals surface area contributed by atoms with Crippen molar-refractivity contribution in [1.29, 1.82) is 0 Å². The lowest BCUT2D eigenvalue weighted by Gasteiger charge is -2.36. The van der Waals surface area contributed by atoms with Gasteiger partial charge in [0.25, 0.3) is 10.1 Å². The van der Waals surface area contributed by atoms with Crippen LogP contribution in [0.2, 0.25) is 0 Å². The van der Waals surface area contributed by atoms with Gasteiger partial charge in [-0.2, -0.15) is 8.42 Å². The summed E-state index contributed by atoms with van der Waals surface area (Å²) >= 11 is 44.9. The number of aliphatic hydroxyl groups is 1. The van der Waals surface area contributed by atoms with Crippen molar-refractivity contribution >= 4 is 123 Å². The summed E-state index contributed by atoms with van der Waals surface area (Å²) in [4.78, 5) is -0.00249. The molecule has 1 aromatic rings. The Labute approximate surface area is 358 Å². The minimum atomic E-state index is -4.12. The molecule has 2 fully saturated rings. The fourth-order valence-electron chi connectivity index (χ4n) is 6.01. The second-order valence-corrected chi connectivity index (χ2v) is 28.5. The molecule has 2 aliphatic rings. The molecule has 0 radical (unpaired) electrons. The van der Waals surface area contributed by atoms with Crippen molar-refractivity contribution < 1.29 is 34.5 Å². The molecule has 312 valence electrons. The Morgan fingerprint density at radius 1 is 0.642 bits per heavy atom. The van der Waals surface area contributed by atoms with Gasteiger partial charge in [0.15, 0.2) is 19.7 Å². The Morgan fingerprint density at radius 3 is 1.28 bits per heavy atom. The SMILES string of the molecule is CC(C)(C)S(=O)(=O)CC1CCC(C(O)C(Cl)(Cl)Cl)CC1.Cc1ccc(S(=O)(=O)OC(C2CCC(CS(=O)(=O)C(C)(C)C)CC2)C(Cl)(Cl)Cl)cc1.ClCCl. The predicted octanol–water partition coefficient (Wildman–Crippen LogP) is 10.6. The van der Waals surface area contributed by atoms with Gasteiger partial charge in [-0.25, -0.2) is 16.8 Å². The zero-order valence-corrected chi connectivity index (χ0v) is 39.6. The molecule has 2 unspecified atom stereocenters. The van der Waals surface area contributed by atoms with E-state index in [9.17, 15) is 30.4 Å². The molecule has 0 spiro atoms. The van der Waals surface area contributed by atoms with Crippen LogP contribution >= 0.6 is 92.8 Å². The number of hydrogen-bond donors (Lipinski definition) is 1. The highest BCUT2D eigenvalue weighted by molar-refractivity contribution is 7.93. The first-order valence-electron chi connectivity index (χ1n) is 17.2. The summed E-state index contributed by atoms with van der Waals surface area (Å²) in [7, 11) is -10.5. The van der Waals surface area contributed by atoms with Gasteiger partial charge in [-0.15, -0.1) is 23.2 Å². The Morgan fingerprint density at radius 2 is 0.981 bits per heavy atom. The lowest BCUT2D eigenvalue weighted by Crippen LogP contribution is -2.41. The zero-order valence-electron chi connectivity index (χ0n) is 31.1. The molecule has 53 heavy (non-hydrogen) atoms. The van der Waals surface area contributed by atoms with Crippen molar-refractivity contribution in [2.75, 3.05) is 16.8 Å². The van der Waals surface area contributed by atoms with E-state index in [2.05, 4.69) is 0 Å². The number of hydrogen-bond acceptors (Lipinski definition) is 8. The molecule has 0 aromatic heterocycles. The van der Waals surface area contributed by atoms with Crippen molar-refractivity contribution in [3.05, 3.63) is 29.8 Å². The Kier molecular flexibility index (Phi) is 20.8. The van der Waals surface area contributed by atoms with Gasteiger partial charge in [0, 0.05) is 0 Å². The van der Waals surface area contributed by atoms with Crippen LogP contribution < -0.4 is 0 Å². The van der Waals surface area contributed by atoms with Crippen LogP contribution in [0.25, 0.3) is 0 Å². The second kappa shape index (κ2) is 21.0.